The van der Waals surface area contributed by atoms with Crippen LogP contribution in [0.1, 0.15) is 21.5 Å². The summed E-state index contributed by atoms with van der Waals surface area (Å²) in [6.45, 7) is 5.04. The highest BCUT2D eigenvalue weighted by molar-refractivity contribution is 8.00. The summed E-state index contributed by atoms with van der Waals surface area (Å²) in [5.74, 6) is 1.83. The summed E-state index contributed by atoms with van der Waals surface area (Å²) in [7, 11) is 4.10. The van der Waals surface area contributed by atoms with Crippen molar-refractivity contribution in [2.75, 3.05) is 32.1 Å². The van der Waals surface area contributed by atoms with Crippen LogP contribution in [0.25, 0.3) is 0 Å². The van der Waals surface area contributed by atoms with Gasteiger partial charge in [-0.2, -0.15) is 11.8 Å². The van der Waals surface area contributed by atoms with Crippen molar-refractivity contribution in [1.29, 1.82) is 0 Å². The summed E-state index contributed by atoms with van der Waals surface area (Å²) >= 11 is 1.71. The molecule has 3 heteroatoms. The van der Waals surface area contributed by atoms with E-state index in [4.69, 9.17) is 0 Å². The van der Waals surface area contributed by atoms with Crippen molar-refractivity contribution in [2.24, 2.45) is 0 Å². The van der Waals surface area contributed by atoms with Crippen LogP contribution in [0.15, 0.2) is 18.2 Å². The van der Waals surface area contributed by atoms with Gasteiger partial charge in [0.25, 0.3) is 0 Å². The highest BCUT2D eigenvalue weighted by Crippen LogP contribution is 2.14. The molecule has 0 aliphatic heterocycles. The zero-order chi connectivity index (χ0) is 12.8. The molecule has 0 unspecified atom stereocenters. The Labute approximate surface area is 108 Å². The van der Waals surface area contributed by atoms with Gasteiger partial charge in [-0.1, -0.05) is 17.7 Å². The average molecular weight is 251 g/mol. The second kappa shape index (κ2) is 6.82. The highest BCUT2D eigenvalue weighted by Gasteiger charge is 2.09. The number of Topliss-reactive ketones (excluding diaryl/α,β-unsaturated/α-hetero) is 1. The lowest BCUT2D eigenvalue weighted by Gasteiger charge is -2.09. The molecule has 0 heterocycles. The maximum atomic E-state index is 12.0. The molecule has 0 N–H and O–H groups in total. The van der Waals surface area contributed by atoms with E-state index in [0.717, 1.165) is 29.0 Å². The number of nitrogens with zero attached hydrogens (tertiary/aromatic N) is 1. The van der Waals surface area contributed by atoms with Crippen LogP contribution in [-0.2, 0) is 0 Å². The van der Waals surface area contributed by atoms with E-state index in [2.05, 4.69) is 4.90 Å². The van der Waals surface area contributed by atoms with E-state index in [9.17, 15) is 4.79 Å². The van der Waals surface area contributed by atoms with Crippen LogP contribution in [0.5, 0.6) is 0 Å². The van der Waals surface area contributed by atoms with E-state index < -0.39 is 0 Å². The normalized spacial score (nSPS) is 10.9. The number of hydrogen-bond acceptors (Lipinski definition) is 3. The van der Waals surface area contributed by atoms with Gasteiger partial charge >= 0.3 is 0 Å². The summed E-state index contributed by atoms with van der Waals surface area (Å²) in [5.41, 5.74) is 3.11. The van der Waals surface area contributed by atoms with Gasteiger partial charge in [0.1, 0.15) is 0 Å². The van der Waals surface area contributed by atoms with E-state index in [1.54, 1.807) is 11.8 Å². The molecule has 94 valence electrons. The zero-order valence-electron chi connectivity index (χ0n) is 11.1. The van der Waals surface area contributed by atoms with Gasteiger partial charge in [0, 0.05) is 17.9 Å². The van der Waals surface area contributed by atoms with Gasteiger partial charge < -0.3 is 4.90 Å². The predicted octanol–water partition coefficient (Wildman–Crippen LogP) is 2.78. The fourth-order valence-electron chi connectivity index (χ4n) is 1.53. The van der Waals surface area contributed by atoms with Crippen molar-refractivity contribution in [3.05, 3.63) is 34.9 Å². The van der Waals surface area contributed by atoms with E-state index in [0.29, 0.717) is 5.75 Å². The molecule has 17 heavy (non-hydrogen) atoms. The number of carbonyl (C=O) groups excluding carboxylic acids is 1. The van der Waals surface area contributed by atoms with E-state index in [1.165, 1.54) is 0 Å². The Hall–Kier alpha value is -0.800. The summed E-state index contributed by atoms with van der Waals surface area (Å²) in [5, 5.41) is 0. The Balaban J connectivity index is 2.49. The van der Waals surface area contributed by atoms with Gasteiger partial charge in [0.15, 0.2) is 5.78 Å². The Morgan fingerprint density at radius 3 is 2.65 bits per heavy atom. The van der Waals surface area contributed by atoms with Crippen molar-refractivity contribution in [2.45, 2.75) is 13.8 Å². The lowest BCUT2D eigenvalue weighted by Crippen LogP contribution is -2.16. The monoisotopic (exact) mass is 251 g/mol. The molecule has 0 aromatic heterocycles. The van der Waals surface area contributed by atoms with Crippen molar-refractivity contribution >= 4 is 17.5 Å². The van der Waals surface area contributed by atoms with Gasteiger partial charge in [-0.3, -0.25) is 4.79 Å². The molecule has 0 spiro atoms. The predicted molar refractivity (Wildman–Crippen MR) is 76.1 cm³/mol. The molecule has 0 radical (unpaired) electrons. The smallest absolute Gasteiger partial charge is 0.172 e. The zero-order valence-corrected chi connectivity index (χ0v) is 11.9. The molecule has 0 fully saturated rings. The number of aryl methyl sites for hydroxylation is 2. The van der Waals surface area contributed by atoms with Crippen LogP contribution >= 0.6 is 11.8 Å². The topological polar surface area (TPSA) is 20.3 Å². The quantitative estimate of drug-likeness (QED) is 0.573. The Bertz CT molecular complexity index is 388. The van der Waals surface area contributed by atoms with Crippen molar-refractivity contribution in [1.82, 2.24) is 4.90 Å². The van der Waals surface area contributed by atoms with Crippen LogP contribution in [-0.4, -0.2) is 42.8 Å². The SMILES string of the molecule is Cc1ccc(C)c(C(=O)CSCCN(C)C)c1. The molecule has 0 bridgehead atoms. The van der Waals surface area contributed by atoms with Crippen molar-refractivity contribution in [3.63, 3.8) is 0 Å². The summed E-state index contributed by atoms with van der Waals surface area (Å²) in [4.78, 5) is 14.2. The highest BCUT2D eigenvalue weighted by atomic mass is 32.2. The largest absolute Gasteiger partial charge is 0.309 e. The Morgan fingerprint density at radius 2 is 2.00 bits per heavy atom. The molecule has 0 atom stereocenters. The molecule has 2 nitrogen and oxygen atoms in total. The minimum atomic E-state index is 0.245. The summed E-state index contributed by atoms with van der Waals surface area (Å²) in [6, 6.07) is 6.06. The first kappa shape index (κ1) is 14.3. The van der Waals surface area contributed by atoms with Gasteiger partial charge in [0.05, 0.1) is 5.75 Å². The first-order chi connectivity index (χ1) is 8.00. The maximum Gasteiger partial charge on any atom is 0.172 e. The van der Waals surface area contributed by atoms with Gasteiger partial charge in [0.2, 0.25) is 0 Å². The molecule has 1 aromatic carbocycles. The second-order valence-corrected chi connectivity index (χ2v) is 5.70. The lowest BCUT2D eigenvalue weighted by molar-refractivity contribution is 0.102. The first-order valence-electron chi connectivity index (χ1n) is 5.83. The van der Waals surface area contributed by atoms with Crippen molar-refractivity contribution in [3.8, 4) is 0 Å². The Kier molecular flexibility index (Phi) is 5.72. The number of carbonyl (C=O) groups is 1. The number of hydrogen-bond donors (Lipinski definition) is 0. The molecule has 0 saturated heterocycles. The molecule has 0 amide bonds. The Morgan fingerprint density at radius 1 is 1.29 bits per heavy atom. The van der Waals surface area contributed by atoms with Crippen LogP contribution in [0.2, 0.25) is 0 Å². The first-order valence-corrected chi connectivity index (χ1v) is 6.99. The van der Waals surface area contributed by atoms with Gasteiger partial charge in [-0.05, 0) is 39.6 Å². The van der Waals surface area contributed by atoms with E-state index in [1.807, 2.05) is 46.1 Å². The van der Waals surface area contributed by atoms with Crippen LogP contribution in [0.4, 0.5) is 0 Å². The summed E-state index contributed by atoms with van der Waals surface area (Å²) in [6.07, 6.45) is 0. The minimum Gasteiger partial charge on any atom is -0.309 e. The van der Waals surface area contributed by atoms with Crippen molar-refractivity contribution < 1.29 is 4.79 Å². The molecule has 1 rings (SSSR count). The summed E-state index contributed by atoms with van der Waals surface area (Å²) < 4.78 is 0. The molecule has 0 aliphatic carbocycles. The molecule has 0 aliphatic rings. The van der Waals surface area contributed by atoms with E-state index in [-0.39, 0.29) is 5.78 Å². The third-order valence-electron chi connectivity index (χ3n) is 2.61. The molecule has 1 aromatic rings. The minimum absolute atomic E-state index is 0.245. The van der Waals surface area contributed by atoms with Gasteiger partial charge in [-0.25, -0.2) is 0 Å². The van der Waals surface area contributed by atoms with Crippen LogP contribution in [0.3, 0.4) is 0 Å². The van der Waals surface area contributed by atoms with Crippen LogP contribution in [0, 0.1) is 13.8 Å². The van der Waals surface area contributed by atoms with Gasteiger partial charge in [-0.15, -0.1) is 0 Å². The molecule has 0 saturated carbocycles. The fraction of sp³-hybridized carbons (Fsp3) is 0.500. The molecular weight excluding hydrogens is 230 g/mol. The average Bonchev–Trinajstić information content (AvgIpc) is 2.27. The van der Waals surface area contributed by atoms with E-state index >= 15 is 0 Å². The standard InChI is InChI=1S/C14H21NOS/c1-11-5-6-12(2)13(9-11)14(16)10-17-8-7-15(3)4/h5-6,9H,7-8,10H2,1-4H3. The fourth-order valence-corrected chi connectivity index (χ4v) is 2.51. The van der Waals surface area contributed by atoms with Crippen LogP contribution < -0.4 is 0 Å². The lowest BCUT2D eigenvalue weighted by atomic mass is 10.0. The number of benzene rings is 1. The number of ketones is 1. The maximum absolute atomic E-state index is 12.0. The molecular formula is C14H21NOS. The number of rotatable bonds is 6. The second-order valence-electron chi connectivity index (χ2n) is 4.60. The third kappa shape index (κ3) is 4.92. The number of thioether (sulfide) groups is 1. The third-order valence-corrected chi connectivity index (χ3v) is 3.55.